The summed E-state index contributed by atoms with van der Waals surface area (Å²) in [5.41, 5.74) is 6.44. The summed E-state index contributed by atoms with van der Waals surface area (Å²) in [7, 11) is 0. The maximum absolute atomic E-state index is 11.6. The van der Waals surface area contributed by atoms with Crippen molar-refractivity contribution < 1.29 is 9.59 Å². The highest BCUT2D eigenvalue weighted by molar-refractivity contribution is 5.94. The summed E-state index contributed by atoms with van der Waals surface area (Å²) >= 11 is 0. The number of imide groups is 1. The molecule has 8 nitrogen and oxygen atoms in total. The van der Waals surface area contributed by atoms with E-state index in [-0.39, 0.29) is 18.6 Å². The Kier molecular flexibility index (Phi) is 4.10. The minimum absolute atomic E-state index is 0.0540. The van der Waals surface area contributed by atoms with E-state index in [2.05, 4.69) is 20.9 Å². The van der Waals surface area contributed by atoms with Gasteiger partial charge in [0.25, 0.3) is 0 Å². The Labute approximate surface area is 110 Å². The van der Waals surface area contributed by atoms with Crippen LogP contribution in [0.3, 0.4) is 0 Å². The molecule has 0 spiro atoms. The molecule has 1 atom stereocenters. The minimum atomic E-state index is -0.460. The van der Waals surface area contributed by atoms with Crippen LogP contribution in [-0.4, -0.2) is 33.0 Å². The van der Waals surface area contributed by atoms with Gasteiger partial charge in [0.15, 0.2) is 0 Å². The quantitative estimate of drug-likeness (QED) is 0.675. The molecule has 0 aliphatic heterocycles. The lowest BCUT2D eigenvalue weighted by Gasteiger charge is -2.05. The smallest absolute Gasteiger partial charge is 0.321 e. The zero-order valence-electron chi connectivity index (χ0n) is 10.8. The highest BCUT2D eigenvalue weighted by Gasteiger charge is 2.24. The average molecular weight is 266 g/mol. The molecule has 1 heterocycles. The van der Waals surface area contributed by atoms with Crippen molar-refractivity contribution in [3.05, 3.63) is 11.9 Å². The van der Waals surface area contributed by atoms with Crippen molar-refractivity contribution in [2.24, 2.45) is 5.73 Å². The molecule has 0 radical (unpaired) electrons. The number of rotatable bonds is 5. The largest absolute Gasteiger partial charge is 0.335 e. The fourth-order valence-corrected chi connectivity index (χ4v) is 1.53. The molecule has 1 saturated carbocycles. The number of aromatic nitrogens is 3. The fraction of sp³-hybridized carbons (Fsp3) is 0.636. The maximum Gasteiger partial charge on any atom is 0.321 e. The van der Waals surface area contributed by atoms with Crippen LogP contribution in [0.5, 0.6) is 0 Å². The molecule has 3 amide bonds. The van der Waals surface area contributed by atoms with Crippen LogP contribution in [-0.2, 0) is 11.3 Å². The van der Waals surface area contributed by atoms with Crippen molar-refractivity contribution in [2.45, 2.75) is 44.8 Å². The molecule has 2 rings (SSSR count). The summed E-state index contributed by atoms with van der Waals surface area (Å²) in [5.74, 6) is -0.431. The van der Waals surface area contributed by atoms with E-state index in [1.165, 1.54) is 4.68 Å². The number of carbonyl (C=O) groups excluding carboxylic acids is 2. The molecule has 4 N–H and O–H groups in total. The number of hydrogen-bond donors (Lipinski definition) is 3. The third-order valence-electron chi connectivity index (χ3n) is 2.85. The zero-order chi connectivity index (χ0) is 13.8. The maximum atomic E-state index is 11.6. The third kappa shape index (κ3) is 4.02. The molecule has 1 fully saturated rings. The first-order chi connectivity index (χ1) is 9.08. The number of urea groups is 1. The number of carbonyl (C=O) groups is 2. The number of nitrogens with one attached hydrogen (secondary N) is 2. The van der Waals surface area contributed by atoms with E-state index in [1.807, 2.05) is 6.92 Å². The first kappa shape index (κ1) is 13.5. The van der Waals surface area contributed by atoms with Gasteiger partial charge in [0, 0.05) is 6.04 Å². The summed E-state index contributed by atoms with van der Waals surface area (Å²) in [6, 6.07) is -0.429. The molecule has 0 bridgehead atoms. The van der Waals surface area contributed by atoms with Crippen LogP contribution in [0.25, 0.3) is 0 Å². The summed E-state index contributed by atoms with van der Waals surface area (Å²) in [6.45, 7) is 1.89. The van der Waals surface area contributed by atoms with Gasteiger partial charge in [0.1, 0.15) is 6.54 Å². The number of nitrogens with zero attached hydrogens (tertiary/aromatic N) is 3. The molecule has 19 heavy (non-hydrogen) atoms. The van der Waals surface area contributed by atoms with Crippen LogP contribution < -0.4 is 16.4 Å². The van der Waals surface area contributed by atoms with E-state index in [4.69, 9.17) is 5.73 Å². The molecule has 1 aromatic rings. The third-order valence-corrected chi connectivity index (χ3v) is 2.85. The SMILES string of the molecule is CCC(N)c1cn(CC(=O)NC(=O)NC2CC2)nn1. The lowest BCUT2D eigenvalue weighted by atomic mass is 10.2. The lowest BCUT2D eigenvalue weighted by molar-refractivity contribution is -0.120. The Morgan fingerprint density at radius 2 is 2.32 bits per heavy atom. The Morgan fingerprint density at radius 1 is 1.58 bits per heavy atom. The van der Waals surface area contributed by atoms with E-state index < -0.39 is 11.9 Å². The van der Waals surface area contributed by atoms with Gasteiger partial charge in [-0.05, 0) is 19.3 Å². The van der Waals surface area contributed by atoms with Gasteiger partial charge < -0.3 is 11.1 Å². The molecule has 104 valence electrons. The second kappa shape index (κ2) is 5.79. The van der Waals surface area contributed by atoms with Gasteiger partial charge >= 0.3 is 6.03 Å². The topological polar surface area (TPSA) is 115 Å². The van der Waals surface area contributed by atoms with Crippen molar-refractivity contribution in [3.8, 4) is 0 Å². The zero-order valence-corrected chi connectivity index (χ0v) is 10.8. The Morgan fingerprint density at radius 3 is 2.95 bits per heavy atom. The van der Waals surface area contributed by atoms with E-state index in [9.17, 15) is 9.59 Å². The van der Waals surface area contributed by atoms with E-state index >= 15 is 0 Å². The average Bonchev–Trinajstić information content (AvgIpc) is 3.04. The van der Waals surface area contributed by atoms with Crippen LogP contribution in [0.1, 0.15) is 37.9 Å². The standard InChI is InChI=1S/C11H18N6O2/c1-2-8(12)9-5-17(16-15-9)6-10(18)14-11(19)13-7-3-4-7/h5,7-8H,2-4,6,12H2,1H3,(H2,13,14,18,19). The van der Waals surface area contributed by atoms with Gasteiger partial charge in [-0.1, -0.05) is 12.1 Å². The minimum Gasteiger partial charge on any atom is -0.335 e. The van der Waals surface area contributed by atoms with Crippen LogP contribution in [0.4, 0.5) is 4.79 Å². The van der Waals surface area contributed by atoms with Crippen LogP contribution in [0.2, 0.25) is 0 Å². The van der Waals surface area contributed by atoms with E-state index in [0.29, 0.717) is 5.69 Å². The summed E-state index contributed by atoms with van der Waals surface area (Å²) < 4.78 is 1.37. The fourth-order valence-electron chi connectivity index (χ4n) is 1.53. The summed E-state index contributed by atoms with van der Waals surface area (Å²) in [6.07, 6.45) is 4.31. The van der Waals surface area contributed by atoms with Gasteiger partial charge in [-0.15, -0.1) is 5.10 Å². The summed E-state index contributed by atoms with van der Waals surface area (Å²) in [4.78, 5) is 22.9. The monoisotopic (exact) mass is 266 g/mol. The molecule has 0 aromatic carbocycles. The van der Waals surface area contributed by atoms with Gasteiger partial charge in [0.2, 0.25) is 5.91 Å². The number of hydrogen-bond acceptors (Lipinski definition) is 5. The van der Waals surface area contributed by atoms with Gasteiger partial charge in [0.05, 0.1) is 17.9 Å². The molecule has 8 heteroatoms. The highest BCUT2D eigenvalue weighted by Crippen LogP contribution is 2.18. The molecule has 1 aliphatic rings. The summed E-state index contributed by atoms with van der Waals surface area (Å²) in [5, 5.41) is 12.6. The first-order valence-electron chi connectivity index (χ1n) is 6.34. The van der Waals surface area contributed by atoms with Crippen LogP contribution in [0.15, 0.2) is 6.20 Å². The number of nitrogens with two attached hydrogens (primary N) is 1. The highest BCUT2D eigenvalue weighted by atomic mass is 16.2. The Hall–Kier alpha value is -1.96. The van der Waals surface area contributed by atoms with Gasteiger partial charge in [-0.3, -0.25) is 10.1 Å². The Bertz CT molecular complexity index is 468. The van der Waals surface area contributed by atoms with Crippen molar-refractivity contribution >= 4 is 11.9 Å². The molecule has 1 aromatic heterocycles. The second-order valence-electron chi connectivity index (χ2n) is 4.65. The van der Waals surface area contributed by atoms with Crippen molar-refractivity contribution in [2.75, 3.05) is 0 Å². The first-order valence-corrected chi connectivity index (χ1v) is 6.34. The van der Waals surface area contributed by atoms with Crippen molar-refractivity contribution in [3.63, 3.8) is 0 Å². The number of amides is 3. The van der Waals surface area contributed by atoms with E-state index in [1.54, 1.807) is 6.20 Å². The molecular formula is C11H18N6O2. The molecule has 0 saturated heterocycles. The van der Waals surface area contributed by atoms with E-state index in [0.717, 1.165) is 19.3 Å². The predicted octanol–water partition coefficient (Wildman–Crippen LogP) is -0.324. The van der Waals surface area contributed by atoms with Crippen molar-refractivity contribution in [1.29, 1.82) is 0 Å². The van der Waals surface area contributed by atoms with Gasteiger partial charge in [-0.2, -0.15) is 0 Å². The van der Waals surface area contributed by atoms with Crippen molar-refractivity contribution in [1.82, 2.24) is 25.6 Å². The molecular weight excluding hydrogens is 248 g/mol. The molecule has 1 aliphatic carbocycles. The second-order valence-corrected chi connectivity index (χ2v) is 4.65. The predicted molar refractivity (Wildman–Crippen MR) is 66.9 cm³/mol. The van der Waals surface area contributed by atoms with Gasteiger partial charge in [-0.25, -0.2) is 9.48 Å². The van der Waals surface area contributed by atoms with Crippen LogP contribution >= 0.6 is 0 Å². The normalized spacial score (nSPS) is 15.9. The lowest BCUT2D eigenvalue weighted by Crippen LogP contribution is -2.41. The molecule has 1 unspecified atom stereocenters. The Balaban J connectivity index is 1.80. The van der Waals surface area contributed by atoms with Crippen LogP contribution in [0, 0.1) is 0 Å².